The van der Waals surface area contributed by atoms with Gasteiger partial charge in [0.15, 0.2) is 0 Å². The third-order valence-electron chi connectivity index (χ3n) is 3.79. The molecule has 1 saturated carbocycles. The molecule has 0 aromatic heterocycles. The highest BCUT2D eigenvalue weighted by atomic mass is 16.3. The van der Waals surface area contributed by atoms with E-state index in [9.17, 15) is 0 Å². The molecule has 0 aromatic rings. The molecule has 0 saturated heterocycles. The van der Waals surface area contributed by atoms with Gasteiger partial charge in [-0.15, -0.1) is 0 Å². The van der Waals surface area contributed by atoms with Crippen LogP contribution in [0.1, 0.15) is 65.2 Å². The summed E-state index contributed by atoms with van der Waals surface area (Å²) in [6, 6.07) is 0.612. The summed E-state index contributed by atoms with van der Waals surface area (Å²) in [5.74, 6) is 0.995. The van der Waals surface area contributed by atoms with Crippen molar-refractivity contribution in [1.82, 2.24) is 5.32 Å². The summed E-state index contributed by atoms with van der Waals surface area (Å²) in [5, 5.41) is 12.7. The predicted molar refractivity (Wildman–Crippen MR) is 69.6 cm³/mol. The first-order chi connectivity index (χ1) is 7.68. The van der Waals surface area contributed by atoms with Crippen molar-refractivity contribution >= 4 is 0 Å². The molecule has 96 valence electrons. The lowest BCUT2D eigenvalue weighted by Crippen LogP contribution is -2.29. The fourth-order valence-corrected chi connectivity index (χ4v) is 2.60. The highest BCUT2D eigenvalue weighted by molar-refractivity contribution is 4.69. The normalized spacial score (nSPS) is 21.9. The number of aliphatic hydroxyl groups is 1. The Morgan fingerprint density at radius 3 is 2.44 bits per heavy atom. The van der Waals surface area contributed by atoms with Gasteiger partial charge in [0, 0.05) is 6.04 Å². The Morgan fingerprint density at radius 2 is 1.81 bits per heavy atom. The monoisotopic (exact) mass is 227 g/mol. The van der Waals surface area contributed by atoms with Gasteiger partial charge in [-0.3, -0.25) is 0 Å². The lowest BCUT2D eigenvalue weighted by molar-refractivity contribution is 0.182. The van der Waals surface area contributed by atoms with Gasteiger partial charge in [-0.25, -0.2) is 0 Å². The maximum absolute atomic E-state index is 9.16. The van der Waals surface area contributed by atoms with Crippen molar-refractivity contribution in [2.75, 3.05) is 6.54 Å². The van der Waals surface area contributed by atoms with E-state index in [1.54, 1.807) is 0 Å². The number of rotatable bonds is 7. The molecule has 0 heterocycles. The summed E-state index contributed by atoms with van der Waals surface area (Å²) < 4.78 is 0. The predicted octanol–water partition coefficient (Wildman–Crippen LogP) is 3.10. The maximum Gasteiger partial charge on any atom is 0.0524 e. The second kappa shape index (κ2) is 8.08. The van der Waals surface area contributed by atoms with Crippen LogP contribution in [0.5, 0.6) is 0 Å². The Bertz CT molecular complexity index is 164. The summed E-state index contributed by atoms with van der Waals surface area (Å²) in [5.41, 5.74) is 0. The number of nitrogens with one attached hydrogen (secondary N) is 1. The van der Waals surface area contributed by atoms with Crippen LogP contribution in [-0.4, -0.2) is 23.8 Å². The van der Waals surface area contributed by atoms with E-state index in [0.29, 0.717) is 6.04 Å². The van der Waals surface area contributed by atoms with Gasteiger partial charge in [-0.1, -0.05) is 32.1 Å². The summed E-state index contributed by atoms with van der Waals surface area (Å²) in [4.78, 5) is 0. The second-order valence-electron chi connectivity index (χ2n) is 5.57. The van der Waals surface area contributed by atoms with Crippen molar-refractivity contribution < 1.29 is 5.11 Å². The summed E-state index contributed by atoms with van der Waals surface area (Å²) in [6.07, 6.45) is 10.7. The van der Waals surface area contributed by atoms with Crippen molar-refractivity contribution in [2.24, 2.45) is 5.92 Å². The summed E-state index contributed by atoms with van der Waals surface area (Å²) >= 11 is 0. The van der Waals surface area contributed by atoms with Crippen LogP contribution >= 0.6 is 0 Å². The third kappa shape index (κ3) is 6.49. The van der Waals surface area contributed by atoms with Gasteiger partial charge in [-0.2, -0.15) is 0 Å². The summed E-state index contributed by atoms with van der Waals surface area (Å²) in [6.45, 7) is 5.07. The average molecular weight is 227 g/mol. The molecule has 2 atom stereocenters. The molecule has 1 fully saturated rings. The van der Waals surface area contributed by atoms with E-state index in [4.69, 9.17) is 5.11 Å². The Morgan fingerprint density at radius 1 is 1.12 bits per heavy atom. The molecule has 0 bridgehead atoms. The van der Waals surface area contributed by atoms with Crippen LogP contribution in [-0.2, 0) is 0 Å². The van der Waals surface area contributed by atoms with Gasteiger partial charge in [-0.05, 0) is 45.6 Å². The van der Waals surface area contributed by atoms with Crippen LogP contribution < -0.4 is 5.32 Å². The van der Waals surface area contributed by atoms with Crippen molar-refractivity contribution in [3.05, 3.63) is 0 Å². The molecule has 1 aliphatic carbocycles. The zero-order chi connectivity index (χ0) is 11.8. The minimum absolute atomic E-state index is 0.168. The molecular weight excluding hydrogens is 198 g/mol. The van der Waals surface area contributed by atoms with Crippen molar-refractivity contribution in [3.8, 4) is 0 Å². The molecule has 2 heteroatoms. The molecule has 0 radical (unpaired) electrons. The lowest BCUT2D eigenvalue weighted by atomic mass is 9.85. The standard InChI is InChI=1S/C14H29NO/c1-12(15-11-10-13(2)16)8-9-14-6-4-3-5-7-14/h12-16H,3-11H2,1-2H3. The maximum atomic E-state index is 9.16. The van der Waals surface area contributed by atoms with Gasteiger partial charge in [0.2, 0.25) is 0 Å². The van der Waals surface area contributed by atoms with Gasteiger partial charge in [0.05, 0.1) is 6.10 Å². The Kier molecular flexibility index (Phi) is 7.06. The number of hydrogen-bond donors (Lipinski definition) is 2. The van der Waals surface area contributed by atoms with Crippen LogP contribution in [0.15, 0.2) is 0 Å². The van der Waals surface area contributed by atoms with Crippen molar-refractivity contribution in [1.29, 1.82) is 0 Å². The molecule has 2 N–H and O–H groups in total. The van der Waals surface area contributed by atoms with E-state index < -0.39 is 0 Å². The highest BCUT2D eigenvalue weighted by Crippen LogP contribution is 2.27. The van der Waals surface area contributed by atoms with Crippen LogP contribution in [0.25, 0.3) is 0 Å². The Hall–Kier alpha value is -0.0800. The third-order valence-corrected chi connectivity index (χ3v) is 3.79. The molecule has 0 amide bonds. The van der Waals surface area contributed by atoms with Crippen LogP contribution in [0, 0.1) is 5.92 Å². The minimum atomic E-state index is -0.168. The van der Waals surface area contributed by atoms with Crippen LogP contribution in [0.3, 0.4) is 0 Å². The van der Waals surface area contributed by atoms with Gasteiger partial charge in [0.1, 0.15) is 0 Å². The van der Waals surface area contributed by atoms with Gasteiger partial charge in [0.25, 0.3) is 0 Å². The zero-order valence-corrected chi connectivity index (χ0v) is 11.0. The van der Waals surface area contributed by atoms with E-state index in [1.165, 1.54) is 44.9 Å². The van der Waals surface area contributed by atoms with Crippen LogP contribution in [0.2, 0.25) is 0 Å². The van der Waals surface area contributed by atoms with E-state index in [1.807, 2.05) is 6.92 Å². The van der Waals surface area contributed by atoms with Gasteiger partial charge < -0.3 is 10.4 Å². The number of hydrogen-bond acceptors (Lipinski definition) is 2. The van der Waals surface area contributed by atoms with E-state index in [2.05, 4.69) is 12.2 Å². The molecule has 0 spiro atoms. The lowest BCUT2D eigenvalue weighted by Gasteiger charge is -2.23. The summed E-state index contributed by atoms with van der Waals surface area (Å²) in [7, 11) is 0. The highest BCUT2D eigenvalue weighted by Gasteiger charge is 2.14. The van der Waals surface area contributed by atoms with Gasteiger partial charge >= 0.3 is 0 Å². The molecule has 16 heavy (non-hydrogen) atoms. The van der Waals surface area contributed by atoms with Crippen molar-refractivity contribution in [3.63, 3.8) is 0 Å². The minimum Gasteiger partial charge on any atom is -0.393 e. The largest absolute Gasteiger partial charge is 0.393 e. The molecule has 2 nitrogen and oxygen atoms in total. The first-order valence-electron chi connectivity index (χ1n) is 7.10. The Balaban J connectivity index is 1.98. The second-order valence-corrected chi connectivity index (χ2v) is 5.57. The first-order valence-corrected chi connectivity index (χ1v) is 7.10. The van der Waals surface area contributed by atoms with E-state index >= 15 is 0 Å². The quantitative estimate of drug-likeness (QED) is 0.700. The molecule has 1 rings (SSSR count). The molecular formula is C14H29NO. The Labute approximate surface area is 101 Å². The average Bonchev–Trinajstić information content (AvgIpc) is 2.27. The molecule has 1 aliphatic rings. The van der Waals surface area contributed by atoms with Crippen LogP contribution in [0.4, 0.5) is 0 Å². The smallest absolute Gasteiger partial charge is 0.0524 e. The topological polar surface area (TPSA) is 32.3 Å². The van der Waals surface area contributed by atoms with E-state index in [-0.39, 0.29) is 6.10 Å². The molecule has 0 aromatic carbocycles. The van der Waals surface area contributed by atoms with E-state index in [0.717, 1.165) is 18.9 Å². The first kappa shape index (κ1) is 14.0. The molecule has 2 unspecified atom stereocenters. The zero-order valence-electron chi connectivity index (χ0n) is 11.0. The SMILES string of the molecule is CC(O)CCNC(C)CCC1CCCCC1. The number of aliphatic hydroxyl groups excluding tert-OH is 1. The fourth-order valence-electron chi connectivity index (χ4n) is 2.60. The molecule has 0 aliphatic heterocycles. The van der Waals surface area contributed by atoms with Crippen molar-refractivity contribution in [2.45, 2.75) is 77.4 Å². The fraction of sp³-hybridized carbons (Fsp3) is 1.00.